The Hall–Kier alpha value is -3.72. The number of ether oxygens (including phenoxy) is 1. The van der Waals surface area contributed by atoms with Gasteiger partial charge in [-0.2, -0.15) is 5.26 Å². The molecule has 0 radical (unpaired) electrons. The van der Waals surface area contributed by atoms with Gasteiger partial charge in [-0.1, -0.05) is 6.42 Å². The molecule has 0 amide bonds. The van der Waals surface area contributed by atoms with Crippen molar-refractivity contribution in [1.82, 2.24) is 19.9 Å². The number of H-pyrrole nitrogens is 1. The van der Waals surface area contributed by atoms with Crippen LogP contribution < -0.4 is 4.74 Å². The van der Waals surface area contributed by atoms with Crippen molar-refractivity contribution in [2.45, 2.75) is 45.1 Å². The second kappa shape index (κ2) is 8.19. The largest absolute Gasteiger partial charge is 0.474 e. The molecule has 1 fully saturated rings. The van der Waals surface area contributed by atoms with Crippen LogP contribution in [-0.2, 0) is 0 Å². The third-order valence-electron chi connectivity index (χ3n) is 5.85. The first kappa shape index (κ1) is 19.3. The van der Waals surface area contributed by atoms with E-state index in [1.807, 2.05) is 49.6 Å². The van der Waals surface area contributed by atoms with Crippen LogP contribution in [-0.4, -0.2) is 26.0 Å². The molecule has 6 nitrogen and oxygen atoms in total. The van der Waals surface area contributed by atoms with Gasteiger partial charge in [0.25, 0.3) is 0 Å². The quantitative estimate of drug-likeness (QED) is 0.475. The van der Waals surface area contributed by atoms with Crippen molar-refractivity contribution in [2.75, 3.05) is 0 Å². The van der Waals surface area contributed by atoms with Crippen LogP contribution in [0.25, 0.3) is 33.7 Å². The number of rotatable bonds is 4. The van der Waals surface area contributed by atoms with Crippen LogP contribution in [0.2, 0.25) is 0 Å². The molecule has 3 heterocycles. The zero-order valence-electron chi connectivity index (χ0n) is 17.4. The molecular formula is C25H23N5O. The molecule has 31 heavy (non-hydrogen) atoms. The minimum Gasteiger partial charge on any atom is -0.474 e. The van der Waals surface area contributed by atoms with Gasteiger partial charge in [-0.05, 0) is 68.5 Å². The molecule has 0 atom stereocenters. The highest BCUT2D eigenvalue weighted by molar-refractivity contribution is 5.81. The third kappa shape index (κ3) is 3.99. The maximum Gasteiger partial charge on any atom is 0.213 e. The first-order valence-electron chi connectivity index (χ1n) is 10.7. The van der Waals surface area contributed by atoms with E-state index >= 15 is 0 Å². The van der Waals surface area contributed by atoms with Crippen LogP contribution in [0.3, 0.4) is 0 Å². The summed E-state index contributed by atoms with van der Waals surface area (Å²) in [5, 5.41) is 9.10. The highest BCUT2D eigenvalue weighted by Gasteiger charge is 2.16. The van der Waals surface area contributed by atoms with Crippen LogP contribution >= 0.6 is 0 Å². The Morgan fingerprint density at radius 3 is 2.65 bits per heavy atom. The second-order valence-electron chi connectivity index (χ2n) is 8.08. The van der Waals surface area contributed by atoms with Gasteiger partial charge in [0, 0.05) is 29.6 Å². The predicted molar refractivity (Wildman–Crippen MR) is 120 cm³/mol. The maximum absolute atomic E-state index is 9.10. The van der Waals surface area contributed by atoms with Gasteiger partial charge in [0.2, 0.25) is 5.88 Å². The van der Waals surface area contributed by atoms with Crippen LogP contribution in [0.4, 0.5) is 0 Å². The van der Waals surface area contributed by atoms with Crippen molar-refractivity contribution in [3.8, 4) is 34.6 Å². The summed E-state index contributed by atoms with van der Waals surface area (Å²) in [5.74, 6) is 1.43. The number of nitrogens with zero attached hydrogens (tertiary/aromatic N) is 4. The molecule has 0 aliphatic heterocycles. The normalized spacial score (nSPS) is 14.5. The summed E-state index contributed by atoms with van der Waals surface area (Å²) in [4.78, 5) is 17.1. The third-order valence-corrected chi connectivity index (χ3v) is 5.85. The zero-order valence-corrected chi connectivity index (χ0v) is 17.4. The fraction of sp³-hybridized carbons (Fsp3) is 0.280. The van der Waals surface area contributed by atoms with Gasteiger partial charge in [0.1, 0.15) is 11.9 Å². The van der Waals surface area contributed by atoms with Crippen molar-refractivity contribution in [3.63, 3.8) is 0 Å². The molecule has 4 aromatic rings. The van der Waals surface area contributed by atoms with Crippen molar-refractivity contribution in [1.29, 1.82) is 5.26 Å². The second-order valence-corrected chi connectivity index (χ2v) is 8.08. The highest BCUT2D eigenvalue weighted by Crippen LogP contribution is 2.28. The zero-order chi connectivity index (χ0) is 21.2. The van der Waals surface area contributed by atoms with Gasteiger partial charge in [-0.3, -0.25) is 4.98 Å². The number of aromatic nitrogens is 4. The standard InChI is InChI=1S/C25H23N5O/c1-16-11-22(18-8-10-24(28-14-18)31-19-5-3-2-4-6-19)27-15-20(16)25-29-21-9-7-17(13-26)12-23(21)30-25/h7-12,14-15,19H,2-6H2,1H3,(H,29,30). The Labute approximate surface area is 181 Å². The summed E-state index contributed by atoms with van der Waals surface area (Å²) in [5.41, 5.74) is 6.09. The molecule has 1 saturated carbocycles. The molecule has 1 aliphatic rings. The van der Waals surface area contributed by atoms with Crippen molar-refractivity contribution < 1.29 is 4.74 Å². The Kier molecular flexibility index (Phi) is 5.09. The number of benzene rings is 1. The first-order chi connectivity index (χ1) is 15.2. The maximum atomic E-state index is 9.10. The number of hydrogen-bond donors (Lipinski definition) is 1. The Morgan fingerprint density at radius 2 is 1.90 bits per heavy atom. The molecule has 1 N–H and O–H groups in total. The number of fused-ring (bicyclic) bond motifs is 1. The van der Waals surface area contributed by atoms with E-state index in [-0.39, 0.29) is 0 Å². The summed E-state index contributed by atoms with van der Waals surface area (Å²) in [6, 6.07) is 13.6. The lowest BCUT2D eigenvalue weighted by Gasteiger charge is -2.22. The van der Waals surface area contributed by atoms with Crippen LogP contribution in [0.1, 0.15) is 43.2 Å². The van der Waals surface area contributed by atoms with E-state index in [0.717, 1.165) is 52.1 Å². The SMILES string of the molecule is Cc1cc(-c2ccc(OC3CCCCC3)nc2)ncc1-c1nc2ccc(C#N)cc2[nH]1. The smallest absolute Gasteiger partial charge is 0.213 e. The van der Waals surface area contributed by atoms with Gasteiger partial charge in [-0.15, -0.1) is 0 Å². The lowest BCUT2D eigenvalue weighted by Crippen LogP contribution is -2.20. The minimum atomic E-state index is 0.291. The van der Waals surface area contributed by atoms with E-state index in [1.165, 1.54) is 19.3 Å². The van der Waals surface area contributed by atoms with Gasteiger partial charge in [0.05, 0.1) is 28.4 Å². The topological polar surface area (TPSA) is 87.5 Å². The number of nitrogens with one attached hydrogen (secondary N) is 1. The van der Waals surface area contributed by atoms with E-state index < -0.39 is 0 Å². The number of hydrogen-bond acceptors (Lipinski definition) is 5. The van der Waals surface area contributed by atoms with Crippen LogP contribution in [0.15, 0.2) is 48.8 Å². The fourth-order valence-corrected chi connectivity index (χ4v) is 4.12. The molecule has 0 spiro atoms. The van der Waals surface area contributed by atoms with E-state index in [4.69, 9.17) is 10.00 Å². The number of imidazole rings is 1. The summed E-state index contributed by atoms with van der Waals surface area (Å²) >= 11 is 0. The Balaban J connectivity index is 1.37. The van der Waals surface area contributed by atoms with E-state index in [0.29, 0.717) is 17.5 Å². The average molecular weight is 409 g/mol. The first-order valence-corrected chi connectivity index (χ1v) is 10.7. The molecule has 6 heteroatoms. The molecule has 0 bridgehead atoms. The van der Waals surface area contributed by atoms with Gasteiger partial charge in [0.15, 0.2) is 0 Å². The molecule has 5 rings (SSSR count). The lowest BCUT2D eigenvalue weighted by molar-refractivity contribution is 0.148. The number of aromatic amines is 1. The highest BCUT2D eigenvalue weighted by atomic mass is 16.5. The fourth-order valence-electron chi connectivity index (χ4n) is 4.12. The molecule has 1 aliphatic carbocycles. The molecule has 1 aromatic carbocycles. The summed E-state index contributed by atoms with van der Waals surface area (Å²) in [6.45, 7) is 2.04. The number of nitriles is 1. The van der Waals surface area contributed by atoms with Crippen molar-refractivity contribution in [3.05, 3.63) is 59.9 Å². The monoisotopic (exact) mass is 409 g/mol. The van der Waals surface area contributed by atoms with Crippen molar-refractivity contribution in [2.24, 2.45) is 0 Å². The van der Waals surface area contributed by atoms with Gasteiger partial charge >= 0.3 is 0 Å². The van der Waals surface area contributed by atoms with Crippen molar-refractivity contribution >= 4 is 11.0 Å². The number of pyridine rings is 2. The number of aryl methyl sites for hydroxylation is 1. The summed E-state index contributed by atoms with van der Waals surface area (Å²) in [6.07, 6.45) is 9.97. The molecular weight excluding hydrogens is 386 g/mol. The van der Waals surface area contributed by atoms with Gasteiger partial charge < -0.3 is 9.72 Å². The lowest BCUT2D eigenvalue weighted by atomic mass is 9.98. The van der Waals surface area contributed by atoms with Crippen LogP contribution in [0.5, 0.6) is 5.88 Å². The predicted octanol–water partition coefficient (Wildman–Crippen LogP) is 5.58. The summed E-state index contributed by atoms with van der Waals surface area (Å²) < 4.78 is 6.03. The Bertz CT molecular complexity index is 1260. The average Bonchev–Trinajstić information content (AvgIpc) is 3.23. The summed E-state index contributed by atoms with van der Waals surface area (Å²) in [7, 11) is 0. The van der Waals surface area contributed by atoms with E-state index in [9.17, 15) is 0 Å². The van der Waals surface area contributed by atoms with Crippen LogP contribution in [0, 0.1) is 18.3 Å². The Morgan fingerprint density at radius 1 is 1.03 bits per heavy atom. The molecule has 154 valence electrons. The van der Waals surface area contributed by atoms with E-state index in [1.54, 1.807) is 6.07 Å². The molecule has 0 saturated heterocycles. The molecule has 3 aromatic heterocycles. The van der Waals surface area contributed by atoms with E-state index in [2.05, 4.69) is 26.0 Å². The van der Waals surface area contributed by atoms with Gasteiger partial charge in [-0.25, -0.2) is 9.97 Å². The molecule has 0 unspecified atom stereocenters. The minimum absolute atomic E-state index is 0.291.